The average molecular weight is 214 g/mol. The molecule has 15 heavy (non-hydrogen) atoms. The molecule has 2 amide bonds. The lowest BCUT2D eigenvalue weighted by Crippen LogP contribution is -2.43. The van der Waals surface area contributed by atoms with E-state index in [9.17, 15) is 9.59 Å². The summed E-state index contributed by atoms with van der Waals surface area (Å²) in [4.78, 5) is 23.3. The summed E-state index contributed by atoms with van der Waals surface area (Å²) < 4.78 is 0. The second-order valence-electron chi connectivity index (χ2n) is 3.76. The summed E-state index contributed by atoms with van der Waals surface area (Å²) in [5, 5.41) is 11.1. The Morgan fingerprint density at radius 3 is 2.47 bits per heavy atom. The number of carbonyl (C=O) groups is 2. The minimum absolute atomic E-state index is 0.0767. The molecule has 0 spiro atoms. The summed E-state index contributed by atoms with van der Waals surface area (Å²) in [6.45, 7) is 7.63. The molecular formula is C10H18N2O3. The fourth-order valence-electron chi connectivity index (χ4n) is 1.11. The van der Waals surface area contributed by atoms with Gasteiger partial charge in [-0.15, -0.1) is 0 Å². The van der Waals surface area contributed by atoms with Gasteiger partial charge >= 0.3 is 12.0 Å². The quantitative estimate of drug-likeness (QED) is 0.672. The maximum atomic E-state index is 11.5. The van der Waals surface area contributed by atoms with Crippen molar-refractivity contribution in [3.63, 3.8) is 0 Å². The maximum absolute atomic E-state index is 11.5. The zero-order valence-electron chi connectivity index (χ0n) is 9.41. The molecule has 0 rings (SSSR count). The summed E-state index contributed by atoms with van der Waals surface area (Å²) >= 11 is 0. The van der Waals surface area contributed by atoms with Gasteiger partial charge in [-0.1, -0.05) is 12.2 Å². The Morgan fingerprint density at radius 1 is 1.53 bits per heavy atom. The minimum atomic E-state index is -0.926. The molecular weight excluding hydrogens is 196 g/mol. The predicted molar refractivity (Wildman–Crippen MR) is 57.7 cm³/mol. The Hall–Kier alpha value is -1.52. The van der Waals surface area contributed by atoms with Crippen LogP contribution in [0.1, 0.15) is 20.3 Å². The van der Waals surface area contributed by atoms with E-state index in [4.69, 9.17) is 5.11 Å². The van der Waals surface area contributed by atoms with Gasteiger partial charge < -0.3 is 15.3 Å². The normalized spacial score (nSPS) is 11.7. The molecule has 2 N–H and O–H groups in total. The fourth-order valence-corrected chi connectivity index (χ4v) is 1.11. The van der Waals surface area contributed by atoms with Crippen LogP contribution in [-0.4, -0.2) is 41.6 Å². The Morgan fingerprint density at radius 2 is 2.07 bits per heavy atom. The summed E-state index contributed by atoms with van der Waals surface area (Å²) in [6, 6.07) is -0.658. The first-order valence-electron chi connectivity index (χ1n) is 4.70. The fraction of sp³-hybridized carbons (Fsp3) is 0.600. The molecule has 1 unspecified atom stereocenters. The third-order valence-electron chi connectivity index (χ3n) is 1.70. The van der Waals surface area contributed by atoms with Crippen LogP contribution in [0.2, 0.25) is 0 Å². The number of rotatable bonds is 5. The van der Waals surface area contributed by atoms with Gasteiger partial charge in [-0.2, -0.15) is 0 Å². The molecule has 0 aromatic heterocycles. The number of nitrogens with one attached hydrogen (secondary N) is 1. The monoisotopic (exact) mass is 214 g/mol. The number of aliphatic carboxylic acids is 1. The van der Waals surface area contributed by atoms with Crippen LogP contribution in [0.4, 0.5) is 4.79 Å². The Labute approximate surface area is 89.8 Å². The van der Waals surface area contributed by atoms with Gasteiger partial charge in [-0.3, -0.25) is 4.79 Å². The number of nitrogens with zero attached hydrogens (tertiary/aromatic N) is 1. The van der Waals surface area contributed by atoms with Crippen LogP contribution in [0.3, 0.4) is 0 Å². The number of urea groups is 1. The van der Waals surface area contributed by atoms with Crippen LogP contribution in [0.15, 0.2) is 12.2 Å². The molecule has 0 aliphatic heterocycles. The number of amides is 2. The number of hydrogen-bond acceptors (Lipinski definition) is 2. The minimum Gasteiger partial charge on any atom is -0.481 e. The second-order valence-corrected chi connectivity index (χ2v) is 3.76. The zero-order valence-corrected chi connectivity index (χ0v) is 9.41. The highest BCUT2D eigenvalue weighted by Gasteiger charge is 2.13. The van der Waals surface area contributed by atoms with Gasteiger partial charge in [0.2, 0.25) is 0 Å². The van der Waals surface area contributed by atoms with Crippen LogP contribution in [0.5, 0.6) is 0 Å². The molecule has 0 saturated heterocycles. The molecule has 5 nitrogen and oxygen atoms in total. The molecule has 0 fully saturated rings. The van der Waals surface area contributed by atoms with Crippen molar-refractivity contribution in [2.45, 2.75) is 26.3 Å². The highest BCUT2D eigenvalue weighted by molar-refractivity contribution is 5.75. The molecule has 1 atom stereocenters. The van der Waals surface area contributed by atoms with Crippen molar-refractivity contribution in [1.29, 1.82) is 0 Å². The van der Waals surface area contributed by atoms with Crippen molar-refractivity contribution >= 4 is 12.0 Å². The van der Waals surface area contributed by atoms with E-state index in [0.29, 0.717) is 6.54 Å². The van der Waals surface area contributed by atoms with Gasteiger partial charge in [0.25, 0.3) is 0 Å². The SMILES string of the molecule is C=C(C)CN(C)C(=O)NC(C)CC(=O)O. The topological polar surface area (TPSA) is 69.6 Å². The van der Waals surface area contributed by atoms with E-state index in [1.165, 1.54) is 4.90 Å². The van der Waals surface area contributed by atoms with E-state index in [0.717, 1.165) is 5.57 Å². The first-order valence-corrected chi connectivity index (χ1v) is 4.70. The molecule has 5 heteroatoms. The van der Waals surface area contributed by atoms with E-state index < -0.39 is 5.97 Å². The van der Waals surface area contributed by atoms with Crippen LogP contribution < -0.4 is 5.32 Å². The average Bonchev–Trinajstić information content (AvgIpc) is 2.00. The van der Waals surface area contributed by atoms with Gasteiger partial charge in [0.15, 0.2) is 0 Å². The molecule has 0 heterocycles. The lowest BCUT2D eigenvalue weighted by Gasteiger charge is -2.20. The van der Waals surface area contributed by atoms with Gasteiger partial charge in [0.05, 0.1) is 6.42 Å². The molecule has 86 valence electrons. The molecule has 0 aliphatic carbocycles. The third kappa shape index (κ3) is 6.54. The van der Waals surface area contributed by atoms with E-state index in [1.54, 1.807) is 14.0 Å². The van der Waals surface area contributed by atoms with Crippen molar-refractivity contribution in [2.75, 3.05) is 13.6 Å². The lowest BCUT2D eigenvalue weighted by atomic mass is 10.2. The molecule has 0 saturated carbocycles. The summed E-state index contributed by atoms with van der Waals surface area (Å²) in [7, 11) is 1.64. The van der Waals surface area contributed by atoms with Crippen LogP contribution in [0, 0.1) is 0 Å². The molecule has 0 bridgehead atoms. The van der Waals surface area contributed by atoms with Crippen molar-refractivity contribution in [2.24, 2.45) is 0 Å². The second kappa shape index (κ2) is 6.06. The molecule has 0 aromatic carbocycles. The van der Waals surface area contributed by atoms with Gasteiger partial charge in [-0.05, 0) is 13.8 Å². The van der Waals surface area contributed by atoms with Gasteiger partial charge in [-0.25, -0.2) is 4.79 Å². The van der Waals surface area contributed by atoms with E-state index in [1.807, 2.05) is 6.92 Å². The zero-order chi connectivity index (χ0) is 12.0. The van der Waals surface area contributed by atoms with Crippen molar-refractivity contribution in [3.05, 3.63) is 12.2 Å². The highest BCUT2D eigenvalue weighted by atomic mass is 16.4. The Bertz CT molecular complexity index is 263. The number of carboxylic acid groups (broad SMARTS) is 1. The van der Waals surface area contributed by atoms with Gasteiger partial charge in [0.1, 0.15) is 0 Å². The van der Waals surface area contributed by atoms with Crippen LogP contribution >= 0.6 is 0 Å². The number of carbonyl (C=O) groups excluding carboxylic acids is 1. The van der Waals surface area contributed by atoms with Crippen molar-refractivity contribution in [1.82, 2.24) is 10.2 Å². The third-order valence-corrected chi connectivity index (χ3v) is 1.70. The van der Waals surface area contributed by atoms with E-state index in [2.05, 4.69) is 11.9 Å². The predicted octanol–water partition coefficient (Wildman–Crippen LogP) is 1.07. The number of likely N-dealkylation sites (N-methyl/N-ethyl adjacent to an activating group) is 1. The van der Waals surface area contributed by atoms with Crippen molar-refractivity contribution in [3.8, 4) is 0 Å². The molecule has 0 aromatic rings. The van der Waals surface area contributed by atoms with E-state index in [-0.39, 0.29) is 18.5 Å². The summed E-state index contributed by atoms with van der Waals surface area (Å²) in [5.74, 6) is -0.926. The Balaban J connectivity index is 4.01. The molecule has 0 aliphatic rings. The van der Waals surface area contributed by atoms with Gasteiger partial charge in [0, 0.05) is 19.6 Å². The highest BCUT2D eigenvalue weighted by Crippen LogP contribution is 1.96. The number of hydrogen-bond donors (Lipinski definition) is 2. The summed E-state index contributed by atoms with van der Waals surface area (Å²) in [5.41, 5.74) is 0.874. The number of carboxylic acids is 1. The Kier molecular flexibility index (Phi) is 5.44. The first-order chi connectivity index (χ1) is 6.82. The summed E-state index contributed by atoms with van der Waals surface area (Å²) in [6.07, 6.45) is -0.0767. The lowest BCUT2D eigenvalue weighted by molar-refractivity contribution is -0.137. The van der Waals surface area contributed by atoms with Crippen LogP contribution in [-0.2, 0) is 4.79 Å². The maximum Gasteiger partial charge on any atom is 0.317 e. The largest absolute Gasteiger partial charge is 0.481 e. The standard InChI is InChI=1S/C10H18N2O3/c1-7(2)6-12(4)10(15)11-8(3)5-9(13)14/h8H,1,5-6H2,2-4H3,(H,11,15)(H,13,14). The molecule has 0 radical (unpaired) electrons. The first kappa shape index (κ1) is 13.5. The van der Waals surface area contributed by atoms with Crippen LogP contribution in [0.25, 0.3) is 0 Å². The van der Waals surface area contributed by atoms with Crippen molar-refractivity contribution < 1.29 is 14.7 Å². The smallest absolute Gasteiger partial charge is 0.317 e. The van der Waals surface area contributed by atoms with E-state index >= 15 is 0 Å².